The second-order valence-electron chi connectivity index (χ2n) is 2.41. The number of esters is 1. The summed E-state index contributed by atoms with van der Waals surface area (Å²) in [6, 6.07) is 0. The fourth-order valence-electron chi connectivity index (χ4n) is 0.603. The summed E-state index contributed by atoms with van der Waals surface area (Å²) in [6.07, 6.45) is 9.38. The van der Waals surface area contributed by atoms with Crippen LogP contribution in [0.4, 0.5) is 0 Å². The molecule has 0 aliphatic carbocycles. The van der Waals surface area contributed by atoms with E-state index in [1.165, 1.54) is 12.3 Å². The predicted octanol–water partition coefficient (Wildman–Crippen LogP) is 2.81. The first-order valence-electron chi connectivity index (χ1n) is 4.33. The number of hydrogen-bond donors (Lipinski definition) is 0. The zero-order valence-electron chi connectivity index (χ0n) is 7.75. The van der Waals surface area contributed by atoms with Crippen molar-refractivity contribution >= 4 is 5.97 Å². The second kappa shape index (κ2) is 8.05. The van der Waals surface area contributed by atoms with Gasteiger partial charge >= 0.3 is 5.97 Å². The highest BCUT2D eigenvalue weighted by Crippen LogP contribution is 1.90. The Morgan fingerprint density at radius 1 is 1.33 bits per heavy atom. The van der Waals surface area contributed by atoms with Gasteiger partial charge in [0.25, 0.3) is 0 Å². The molecule has 0 aromatic heterocycles. The van der Waals surface area contributed by atoms with E-state index in [4.69, 9.17) is 4.74 Å². The number of ether oxygens (including phenoxy) is 1. The van der Waals surface area contributed by atoms with Gasteiger partial charge < -0.3 is 4.74 Å². The van der Waals surface area contributed by atoms with Crippen LogP contribution in [0.3, 0.4) is 0 Å². The van der Waals surface area contributed by atoms with Crippen LogP contribution < -0.4 is 0 Å². The van der Waals surface area contributed by atoms with Crippen molar-refractivity contribution in [3.63, 3.8) is 0 Å². The predicted molar refractivity (Wildman–Crippen MR) is 49.6 cm³/mol. The largest absolute Gasteiger partial charge is 0.432 e. The molecule has 0 rings (SSSR count). The van der Waals surface area contributed by atoms with E-state index in [2.05, 4.69) is 6.92 Å². The van der Waals surface area contributed by atoms with Crippen LogP contribution in [0.5, 0.6) is 0 Å². The number of rotatable bonds is 5. The molecule has 0 bridgehead atoms. The van der Waals surface area contributed by atoms with Crippen molar-refractivity contribution in [1.29, 1.82) is 0 Å². The first-order chi connectivity index (χ1) is 5.81. The molecule has 12 heavy (non-hydrogen) atoms. The lowest BCUT2D eigenvalue weighted by Gasteiger charge is -1.91. The number of hydrogen-bond acceptors (Lipinski definition) is 2. The summed E-state index contributed by atoms with van der Waals surface area (Å²) in [5, 5.41) is 0. The lowest BCUT2D eigenvalue weighted by Crippen LogP contribution is -1.92. The summed E-state index contributed by atoms with van der Waals surface area (Å²) in [6.45, 7) is 4.04. The van der Waals surface area contributed by atoms with Crippen molar-refractivity contribution in [3.8, 4) is 0 Å². The van der Waals surface area contributed by atoms with Crippen LogP contribution in [0.25, 0.3) is 0 Å². The van der Waals surface area contributed by atoms with Crippen LogP contribution in [0.2, 0.25) is 0 Å². The number of unbranched alkanes of at least 4 members (excludes halogenated alkanes) is 1. The SMILES string of the molecule is CCC=CC(=O)OC=CCCC. The topological polar surface area (TPSA) is 26.3 Å². The van der Waals surface area contributed by atoms with E-state index in [1.807, 2.05) is 13.0 Å². The van der Waals surface area contributed by atoms with Crippen molar-refractivity contribution in [2.24, 2.45) is 0 Å². The quantitative estimate of drug-likeness (QED) is 0.358. The zero-order valence-corrected chi connectivity index (χ0v) is 7.75. The highest BCUT2D eigenvalue weighted by atomic mass is 16.5. The molecule has 0 spiro atoms. The molecular weight excluding hydrogens is 152 g/mol. The highest BCUT2D eigenvalue weighted by Gasteiger charge is 1.89. The molecule has 0 N–H and O–H groups in total. The third-order valence-electron chi connectivity index (χ3n) is 1.23. The maximum absolute atomic E-state index is 10.8. The molecule has 0 aliphatic rings. The maximum atomic E-state index is 10.8. The van der Waals surface area contributed by atoms with E-state index in [-0.39, 0.29) is 5.97 Å². The van der Waals surface area contributed by atoms with Gasteiger partial charge in [-0.2, -0.15) is 0 Å². The molecule has 0 unspecified atom stereocenters. The monoisotopic (exact) mass is 168 g/mol. The Hall–Kier alpha value is -1.05. The molecular formula is C10H16O2. The molecule has 68 valence electrons. The molecule has 0 amide bonds. The number of carbonyl (C=O) groups excluding carboxylic acids is 1. The van der Waals surface area contributed by atoms with Gasteiger partial charge in [0, 0.05) is 6.08 Å². The summed E-state index contributed by atoms with van der Waals surface area (Å²) < 4.78 is 4.74. The fraction of sp³-hybridized carbons (Fsp3) is 0.500. The number of carbonyl (C=O) groups is 1. The minimum absolute atomic E-state index is 0.302. The Bertz CT molecular complexity index is 169. The van der Waals surface area contributed by atoms with Gasteiger partial charge in [0.15, 0.2) is 0 Å². The smallest absolute Gasteiger partial charge is 0.335 e. The van der Waals surface area contributed by atoms with Gasteiger partial charge in [0.05, 0.1) is 6.26 Å². The van der Waals surface area contributed by atoms with Crippen molar-refractivity contribution in [2.75, 3.05) is 0 Å². The summed E-state index contributed by atoms with van der Waals surface area (Å²) in [4.78, 5) is 10.8. The average Bonchev–Trinajstić information content (AvgIpc) is 2.09. The van der Waals surface area contributed by atoms with Gasteiger partial charge in [-0.1, -0.05) is 26.3 Å². The molecule has 0 aromatic rings. The molecule has 0 aliphatic heterocycles. The molecule has 0 heterocycles. The molecule has 0 saturated heterocycles. The van der Waals surface area contributed by atoms with Gasteiger partial charge in [-0.3, -0.25) is 0 Å². The van der Waals surface area contributed by atoms with Gasteiger partial charge in [0.2, 0.25) is 0 Å². The summed E-state index contributed by atoms with van der Waals surface area (Å²) in [5.41, 5.74) is 0. The summed E-state index contributed by atoms with van der Waals surface area (Å²) in [7, 11) is 0. The highest BCUT2D eigenvalue weighted by molar-refractivity contribution is 5.82. The Morgan fingerprint density at radius 3 is 2.67 bits per heavy atom. The van der Waals surface area contributed by atoms with E-state index < -0.39 is 0 Å². The first-order valence-corrected chi connectivity index (χ1v) is 4.33. The molecule has 0 fully saturated rings. The van der Waals surface area contributed by atoms with Crippen LogP contribution in [0, 0.1) is 0 Å². The summed E-state index contributed by atoms with van der Waals surface area (Å²) in [5.74, 6) is -0.302. The average molecular weight is 168 g/mol. The minimum Gasteiger partial charge on any atom is -0.432 e. The first kappa shape index (κ1) is 11.0. The van der Waals surface area contributed by atoms with Crippen LogP contribution in [-0.4, -0.2) is 5.97 Å². The van der Waals surface area contributed by atoms with Crippen molar-refractivity contribution < 1.29 is 9.53 Å². The van der Waals surface area contributed by atoms with Gasteiger partial charge in [0.1, 0.15) is 0 Å². The van der Waals surface area contributed by atoms with Crippen molar-refractivity contribution in [1.82, 2.24) is 0 Å². The molecule has 0 aromatic carbocycles. The summed E-state index contributed by atoms with van der Waals surface area (Å²) >= 11 is 0. The van der Waals surface area contributed by atoms with Gasteiger partial charge in [-0.15, -0.1) is 0 Å². The molecule has 2 heteroatoms. The minimum atomic E-state index is -0.302. The van der Waals surface area contributed by atoms with Gasteiger partial charge in [-0.05, 0) is 18.9 Å². The van der Waals surface area contributed by atoms with E-state index >= 15 is 0 Å². The third-order valence-corrected chi connectivity index (χ3v) is 1.23. The Balaban J connectivity index is 3.49. The van der Waals surface area contributed by atoms with E-state index in [0.717, 1.165) is 19.3 Å². The van der Waals surface area contributed by atoms with Crippen molar-refractivity contribution in [3.05, 3.63) is 24.5 Å². The molecule has 0 radical (unpaired) electrons. The van der Waals surface area contributed by atoms with E-state index in [1.54, 1.807) is 6.08 Å². The van der Waals surface area contributed by atoms with Crippen molar-refractivity contribution in [2.45, 2.75) is 33.1 Å². The zero-order chi connectivity index (χ0) is 9.23. The third kappa shape index (κ3) is 7.06. The van der Waals surface area contributed by atoms with E-state index in [9.17, 15) is 4.79 Å². The van der Waals surface area contributed by atoms with Crippen LogP contribution >= 0.6 is 0 Å². The van der Waals surface area contributed by atoms with Crippen LogP contribution in [0.15, 0.2) is 24.5 Å². The lowest BCUT2D eigenvalue weighted by molar-refractivity contribution is -0.132. The Labute approximate surface area is 73.9 Å². The molecule has 0 saturated carbocycles. The molecule has 0 atom stereocenters. The van der Waals surface area contributed by atoms with Crippen LogP contribution in [-0.2, 0) is 9.53 Å². The number of allylic oxidation sites excluding steroid dienone is 2. The fourth-order valence-corrected chi connectivity index (χ4v) is 0.603. The second-order valence-corrected chi connectivity index (χ2v) is 2.41. The Kier molecular flexibility index (Phi) is 7.35. The Morgan fingerprint density at radius 2 is 2.08 bits per heavy atom. The standard InChI is InChI=1S/C10H16O2/c1-3-5-7-9-12-10(11)8-6-4-2/h6-9H,3-5H2,1-2H3. The van der Waals surface area contributed by atoms with E-state index in [0.29, 0.717) is 0 Å². The molecule has 2 nitrogen and oxygen atoms in total. The normalized spacial score (nSPS) is 11.2. The van der Waals surface area contributed by atoms with Gasteiger partial charge in [-0.25, -0.2) is 4.79 Å². The van der Waals surface area contributed by atoms with Crippen LogP contribution in [0.1, 0.15) is 33.1 Å². The maximum Gasteiger partial charge on any atom is 0.335 e. The lowest BCUT2D eigenvalue weighted by atomic mass is 10.3.